The molecule has 134 valence electrons. The number of halogens is 1. The van der Waals surface area contributed by atoms with E-state index in [1.165, 1.54) is 0 Å². The van der Waals surface area contributed by atoms with E-state index in [2.05, 4.69) is 15.8 Å². The molecule has 1 amide bonds. The average molecular weight is 364 g/mol. The molecule has 7 heteroatoms. The number of benzene rings is 1. The third-order valence-electron chi connectivity index (χ3n) is 4.00. The largest absolute Gasteiger partial charge is 0.489 e. The Kier molecular flexibility index (Phi) is 5.60. The summed E-state index contributed by atoms with van der Waals surface area (Å²) in [4.78, 5) is 12.3. The summed E-state index contributed by atoms with van der Waals surface area (Å²) in [5, 5.41) is 10.6. The number of aromatic nitrogens is 1. The molecule has 1 fully saturated rings. The van der Waals surface area contributed by atoms with Crippen LogP contribution in [0.25, 0.3) is 11.3 Å². The van der Waals surface area contributed by atoms with Crippen LogP contribution in [0.2, 0.25) is 5.02 Å². The van der Waals surface area contributed by atoms with Crippen LogP contribution in [0.5, 0.6) is 5.75 Å². The van der Waals surface area contributed by atoms with Crippen molar-refractivity contribution in [1.29, 1.82) is 0 Å². The quantitative estimate of drug-likeness (QED) is 0.852. The van der Waals surface area contributed by atoms with E-state index in [4.69, 9.17) is 20.9 Å². The number of piperidine rings is 1. The van der Waals surface area contributed by atoms with Crippen molar-refractivity contribution in [2.75, 3.05) is 13.1 Å². The van der Waals surface area contributed by atoms with Crippen molar-refractivity contribution in [2.45, 2.75) is 38.8 Å². The molecule has 25 heavy (non-hydrogen) atoms. The molecule has 0 spiro atoms. The molecule has 0 bridgehead atoms. The van der Waals surface area contributed by atoms with Crippen LogP contribution in [0.3, 0.4) is 0 Å². The summed E-state index contributed by atoms with van der Waals surface area (Å²) < 4.78 is 10.9. The molecule has 0 aliphatic carbocycles. The Morgan fingerprint density at radius 1 is 1.36 bits per heavy atom. The fourth-order valence-corrected chi connectivity index (χ4v) is 2.97. The highest BCUT2D eigenvalue weighted by atomic mass is 35.5. The van der Waals surface area contributed by atoms with E-state index in [1.54, 1.807) is 18.2 Å². The van der Waals surface area contributed by atoms with E-state index >= 15 is 0 Å². The molecule has 1 aromatic heterocycles. The third kappa shape index (κ3) is 4.52. The fraction of sp³-hybridized carbons (Fsp3) is 0.444. The zero-order valence-corrected chi connectivity index (χ0v) is 15.1. The summed E-state index contributed by atoms with van der Waals surface area (Å²) in [6.07, 6.45) is 1.88. The minimum absolute atomic E-state index is 0.0407. The Hall–Kier alpha value is -2.05. The van der Waals surface area contributed by atoms with E-state index in [0.29, 0.717) is 16.5 Å². The lowest BCUT2D eigenvalue weighted by atomic mass is 10.1. The maximum Gasteiger partial charge on any atom is 0.273 e. The molecule has 1 saturated heterocycles. The minimum atomic E-state index is -0.215. The summed E-state index contributed by atoms with van der Waals surface area (Å²) in [5.74, 6) is 0.894. The van der Waals surface area contributed by atoms with Crippen LogP contribution >= 0.6 is 11.6 Å². The highest BCUT2D eigenvalue weighted by molar-refractivity contribution is 6.32. The Bertz CT molecular complexity index is 739. The third-order valence-corrected chi connectivity index (χ3v) is 4.29. The number of nitrogens with zero attached hydrogens (tertiary/aromatic N) is 1. The summed E-state index contributed by atoms with van der Waals surface area (Å²) in [6.45, 7) is 5.71. The molecular weight excluding hydrogens is 342 g/mol. The molecule has 2 aromatic rings. The van der Waals surface area contributed by atoms with Gasteiger partial charge < -0.3 is 19.9 Å². The van der Waals surface area contributed by atoms with Gasteiger partial charge in [0.05, 0.1) is 11.1 Å². The van der Waals surface area contributed by atoms with E-state index < -0.39 is 0 Å². The molecule has 6 nitrogen and oxygen atoms in total. The van der Waals surface area contributed by atoms with Crippen molar-refractivity contribution < 1.29 is 14.1 Å². The monoisotopic (exact) mass is 363 g/mol. The van der Waals surface area contributed by atoms with Crippen LogP contribution in [0.15, 0.2) is 28.8 Å². The van der Waals surface area contributed by atoms with Gasteiger partial charge in [-0.05, 0) is 58.0 Å². The maximum absolute atomic E-state index is 12.3. The van der Waals surface area contributed by atoms with Gasteiger partial charge in [-0.15, -0.1) is 0 Å². The molecule has 2 N–H and O–H groups in total. The summed E-state index contributed by atoms with van der Waals surface area (Å²) in [6, 6.07) is 7.17. The molecule has 3 rings (SSSR count). The van der Waals surface area contributed by atoms with Crippen LogP contribution < -0.4 is 15.4 Å². The number of rotatable bonds is 5. The fourth-order valence-electron chi connectivity index (χ4n) is 2.75. The standard InChI is InChI=1S/C18H22ClN3O3/c1-11(2)24-16-4-3-12(9-14(16)19)17-10-15(22-25-17)18(23)21-13-5-7-20-8-6-13/h3-4,9-11,13,20H,5-8H2,1-2H3,(H,21,23). The van der Waals surface area contributed by atoms with Gasteiger partial charge in [-0.2, -0.15) is 0 Å². The van der Waals surface area contributed by atoms with Gasteiger partial charge in [-0.25, -0.2) is 0 Å². The first-order valence-corrected chi connectivity index (χ1v) is 8.85. The zero-order valence-electron chi connectivity index (χ0n) is 14.3. The predicted octanol–water partition coefficient (Wildman–Crippen LogP) is 3.26. The van der Waals surface area contributed by atoms with Crippen molar-refractivity contribution >= 4 is 17.5 Å². The van der Waals surface area contributed by atoms with Crippen molar-refractivity contribution in [1.82, 2.24) is 15.8 Å². The lowest BCUT2D eigenvalue weighted by Gasteiger charge is -2.23. The first kappa shape index (κ1) is 17.8. The summed E-state index contributed by atoms with van der Waals surface area (Å²) >= 11 is 6.25. The van der Waals surface area contributed by atoms with Gasteiger partial charge in [-0.3, -0.25) is 4.79 Å². The summed E-state index contributed by atoms with van der Waals surface area (Å²) in [5.41, 5.74) is 1.02. The first-order chi connectivity index (χ1) is 12.0. The van der Waals surface area contributed by atoms with Crippen molar-refractivity contribution in [3.8, 4) is 17.1 Å². The Balaban J connectivity index is 1.70. The van der Waals surface area contributed by atoms with Crippen LogP contribution in [-0.4, -0.2) is 36.3 Å². The Morgan fingerprint density at radius 2 is 2.12 bits per heavy atom. The predicted molar refractivity (Wildman–Crippen MR) is 96.1 cm³/mol. The molecule has 0 atom stereocenters. The number of carbonyl (C=O) groups excluding carboxylic acids is 1. The van der Waals surface area contributed by atoms with Crippen molar-refractivity contribution in [3.05, 3.63) is 35.0 Å². The Morgan fingerprint density at radius 3 is 2.80 bits per heavy atom. The number of hydrogen-bond donors (Lipinski definition) is 2. The summed E-state index contributed by atoms with van der Waals surface area (Å²) in [7, 11) is 0. The smallest absolute Gasteiger partial charge is 0.273 e. The molecule has 1 aliphatic heterocycles. The van der Waals surface area contributed by atoms with Gasteiger partial charge in [0.1, 0.15) is 5.75 Å². The second kappa shape index (κ2) is 7.89. The number of carbonyl (C=O) groups is 1. The van der Waals surface area contributed by atoms with Crippen LogP contribution in [0, 0.1) is 0 Å². The molecular formula is C18H22ClN3O3. The van der Waals surface area contributed by atoms with Gasteiger partial charge in [0, 0.05) is 17.7 Å². The topological polar surface area (TPSA) is 76.4 Å². The second-order valence-corrected chi connectivity index (χ2v) is 6.79. The second-order valence-electron chi connectivity index (χ2n) is 6.39. The molecule has 1 aromatic carbocycles. The van der Waals surface area contributed by atoms with E-state index in [1.807, 2.05) is 19.9 Å². The molecule has 2 heterocycles. The van der Waals surface area contributed by atoms with E-state index in [-0.39, 0.29) is 23.7 Å². The lowest BCUT2D eigenvalue weighted by Crippen LogP contribution is -2.42. The SMILES string of the molecule is CC(C)Oc1ccc(-c2cc(C(=O)NC3CCNCC3)no2)cc1Cl. The van der Waals surface area contributed by atoms with Gasteiger partial charge in [0.2, 0.25) is 0 Å². The first-order valence-electron chi connectivity index (χ1n) is 8.48. The molecule has 0 unspecified atom stereocenters. The Labute approximate surface area is 151 Å². The zero-order chi connectivity index (χ0) is 17.8. The molecule has 0 radical (unpaired) electrons. The van der Waals surface area contributed by atoms with Gasteiger partial charge in [-0.1, -0.05) is 16.8 Å². The maximum atomic E-state index is 12.3. The van der Waals surface area contributed by atoms with E-state index in [9.17, 15) is 4.79 Å². The number of nitrogens with one attached hydrogen (secondary N) is 2. The molecule has 1 aliphatic rings. The number of hydrogen-bond acceptors (Lipinski definition) is 5. The number of amides is 1. The molecule has 0 saturated carbocycles. The van der Waals surface area contributed by atoms with Crippen LogP contribution in [0.4, 0.5) is 0 Å². The van der Waals surface area contributed by atoms with E-state index in [0.717, 1.165) is 31.5 Å². The van der Waals surface area contributed by atoms with Crippen LogP contribution in [-0.2, 0) is 0 Å². The van der Waals surface area contributed by atoms with Crippen LogP contribution in [0.1, 0.15) is 37.2 Å². The number of ether oxygens (including phenoxy) is 1. The van der Waals surface area contributed by atoms with Gasteiger partial charge in [0.15, 0.2) is 11.5 Å². The van der Waals surface area contributed by atoms with Gasteiger partial charge >= 0.3 is 0 Å². The lowest BCUT2D eigenvalue weighted by molar-refractivity contribution is 0.0920. The van der Waals surface area contributed by atoms with Crippen molar-refractivity contribution in [2.24, 2.45) is 0 Å². The van der Waals surface area contributed by atoms with Gasteiger partial charge in [0.25, 0.3) is 5.91 Å². The minimum Gasteiger partial charge on any atom is -0.489 e. The van der Waals surface area contributed by atoms with Crippen molar-refractivity contribution in [3.63, 3.8) is 0 Å². The highest BCUT2D eigenvalue weighted by Crippen LogP contribution is 2.31. The average Bonchev–Trinajstić information content (AvgIpc) is 3.07. The normalized spacial score (nSPS) is 15.4. The highest BCUT2D eigenvalue weighted by Gasteiger charge is 2.19.